The van der Waals surface area contributed by atoms with E-state index in [0.29, 0.717) is 6.04 Å². The summed E-state index contributed by atoms with van der Waals surface area (Å²) in [5.74, 6) is 1.55. The van der Waals surface area contributed by atoms with Gasteiger partial charge >= 0.3 is 0 Å². The van der Waals surface area contributed by atoms with Gasteiger partial charge in [0.2, 0.25) is 0 Å². The van der Waals surface area contributed by atoms with Crippen LogP contribution in [0.15, 0.2) is 34.9 Å². The molecule has 3 rings (SSSR count). The van der Waals surface area contributed by atoms with Crippen LogP contribution in [0.2, 0.25) is 0 Å². The largest absolute Gasteiger partial charge is 0.380 e. The number of nitrogens with one attached hydrogen (secondary N) is 1. The molecule has 1 aliphatic rings. The topological polar surface area (TPSA) is 24.9 Å². The van der Waals surface area contributed by atoms with Crippen molar-refractivity contribution in [1.82, 2.24) is 4.98 Å². The van der Waals surface area contributed by atoms with E-state index in [-0.39, 0.29) is 0 Å². The summed E-state index contributed by atoms with van der Waals surface area (Å²) in [6.07, 6.45) is 5.82. The molecule has 0 aliphatic heterocycles. The highest BCUT2D eigenvalue weighted by molar-refractivity contribution is 9.10. The maximum absolute atomic E-state index is 4.58. The smallest absolute Gasteiger partial charge is 0.0934 e. The molecule has 1 aliphatic carbocycles. The predicted molar refractivity (Wildman–Crippen MR) is 89.0 cm³/mol. The van der Waals surface area contributed by atoms with Crippen LogP contribution in [0.1, 0.15) is 33.1 Å². The maximum Gasteiger partial charge on any atom is 0.0934 e. The van der Waals surface area contributed by atoms with Gasteiger partial charge in [0, 0.05) is 22.1 Å². The summed E-state index contributed by atoms with van der Waals surface area (Å²) < 4.78 is 1.03. The number of para-hydroxylation sites is 1. The first-order valence-electron chi connectivity index (χ1n) is 7.44. The van der Waals surface area contributed by atoms with Gasteiger partial charge < -0.3 is 5.32 Å². The first-order chi connectivity index (χ1) is 9.63. The number of anilines is 1. The minimum atomic E-state index is 0.565. The van der Waals surface area contributed by atoms with E-state index >= 15 is 0 Å². The van der Waals surface area contributed by atoms with Gasteiger partial charge in [-0.15, -0.1) is 0 Å². The second-order valence-corrected chi connectivity index (χ2v) is 7.09. The molecule has 20 heavy (non-hydrogen) atoms. The summed E-state index contributed by atoms with van der Waals surface area (Å²) in [6.45, 7) is 4.72. The Kier molecular flexibility index (Phi) is 3.97. The lowest BCUT2D eigenvalue weighted by Gasteiger charge is -2.34. The Hall–Kier alpha value is -1.09. The fraction of sp³-hybridized carbons (Fsp3) is 0.471. The van der Waals surface area contributed by atoms with Crippen molar-refractivity contribution in [2.24, 2.45) is 11.8 Å². The minimum absolute atomic E-state index is 0.565. The van der Waals surface area contributed by atoms with E-state index in [2.05, 4.69) is 64.3 Å². The van der Waals surface area contributed by atoms with Crippen molar-refractivity contribution in [3.05, 3.63) is 34.9 Å². The van der Waals surface area contributed by atoms with Gasteiger partial charge in [0.05, 0.1) is 11.2 Å². The first-order valence-corrected chi connectivity index (χ1v) is 8.23. The molecule has 3 unspecified atom stereocenters. The van der Waals surface area contributed by atoms with Crippen LogP contribution in [0.4, 0.5) is 5.69 Å². The van der Waals surface area contributed by atoms with Crippen LogP contribution in [0, 0.1) is 11.8 Å². The normalized spacial score (nSPS) is 26.6. The van der Waals surface area contributed by atoms with Crippen LogP contribution in [0.25, 0.3) is 10.9 Å². The fourth-order valence-corrected chi connectivity index (χ4v) is 3.53. The van der Waals surface area contributed by atoms with E-state index in [0.717, 1.165) is 21.8 Å². The second-order valence-electron chi connectivity index (χ2n) is 6.18. The highest BCUT2D eigenvalue weighted by atomic mass is 79.9. The molecule has 0 amide bonds. The molecule has 106 valence electrons. The molecule has 2 nitrogen and oxygen atoms in total. The molecule has 0 bridgehead atoms. The van der Waals surface area contributed by atoms with Gasteiger partial charge in [0.1, 0.15) is 0 Å². The van der Waals surface area contributed by atoms with Gasteiger partial charge in [0.15, 0.2) is 0 Å². The molecule has 0 spiro atoms. The Morgan fingerprint density at radius 1 is 1.25 bits per heavy atom. The second kappa shape index (κ2) is 5.72. The van der Waals surface area contributed by atoms with E-state index in [1.807, 2.05) is 6.20 Å². The summed E-state index contributed by atoms with van der Waals surface area (Å²) in [7, 11) is 0. The zero-order valence-electron chi connectivity index (χ0n) is 12.1. The SMILES string of the molecule is CC1CCC(C)C(Nc2cccc3cc(Br)cnc23)C1. The summed E-state index contributed by atoms with van der Waals surface area (Å²) in [5.41, 5.74) is 2.24. The number of hydrogen-bond donors (Lipinski definition) is 1. The average molecular weight is 333 g/mol. The lowest BCUT2D eigenvalue weighted by Crippen LogP contribution is -2.33. The number of aromatic nitrogens is 1. The van der Waals surface area contributed by atoms with Gasteiger partial charge in [0.25, 0.3) is 0 Å². The number of halogens is 1. The van der Waals surface area contributed by atoms with Crippen LogP contribution in [0.5, 0.6) is 0 Å². The van der Waals surface area contributed by atoms with Crippen molar-refractivity contribution in [3.63, 3.8) is 0 Å². The third kappa shape index (κ3) is 2.83. The molecule has 3 heteroatoms. The molecule has 1 saturated carbocycles. The Balaban J connectivity index is 1.90. The predicted octanol–water partition coefficient (Wildman–Crippen LogP) is 5.23. The third-order valence-electron chi connectivity index (χ3n) is 4.48. The van der Waals surface area contributed by atoms with Crippen molar-refractivity contribution < 1.29 is 0 Å². The first kappa shape index (κ1) is 13.9. The van der Waals surface area contributed by atoms with E-state index in [1.165, 1.54) is 30.3 Å². The molecule has 1 aromatic heterocycles. The van der Waals surface area contributed by atoms with Gasteiger partial charge in [-0.3, -0.25) is 4.98 Å². The summed E-state index contributed by atoms with van der Waals surface area (Å²) in [5, 5.41) is 4.93. The highest BCUT2D eigenvalue weighted by Crippen LogP contribution is 2.32. The van der Waals surface area contributed by atoms with Crippen molar-refractivity contribution in [2.45, 2.75) is 39.2 Å². The zero-order chi connectivity index (χ0) is 14.1. The standard InChI is InChI=1S/C17H21BrN2/c1-11-6-7-12(2)16(8-11)20-15-5-3-4-13-9-14(18)10-19-17(13)15/h3-5,9-12,16,20H,6-8H2,1-2H3. The Bertz CT molecular complexity index is 611. The van der Waals surface area contributed by atoms with Gasteiger partial charge in [-0.2, -0.15) is 0 Å². The third-order valence-corrected chi connectivity index (χ3v) is 4.91. The van der Waals surface area contributed by atoms with Crippen LogP contribution in [0.3, 0.4) is 0 Å². The molecule has 0 saturated heterocycles. The fourth-order valence-electron chi connectivity index (χ4n) is 3.18. The van der Waals surface area contributed by atoms with Crippen molar-refractivity contribution in [3.8, 4) is 0 Å². The van der Waals surface area contributed by atoms with Crippen LogP contribution >= 0.6 is 15.9 Å². The summed E-state index contributed by atoms with van der Waals surface area (Å²) in [6, 6.07) is 9.06. The summed E-state index contributed by atoms with van der Waals surface area (Å²) >= 11 is 3.49. The highest BCUT2D eigenvalue weighted by Gasteiger charge is 2.25. The molecule has 0 radical (unpaired) electrons. The minimum Gasteiger partial charge on any atom is -0.380 e. The molecule has 3 atom stereocenters. The van der Waals surface area contributed by atoms with Crippen molar-refractivity contribution in [2.75, 3.05) is 5.32 Å². The maximum atomic E-state index is 4.58. The number of hydrogen-bond acceptors (Lipinski definition) is 2. The van der Waals surface area contributed by atoms with E-state index in [1.54, 1.807) is 0 Å². The Morgan fingerprint density at radius 2 is 2.10 bits per heavy atom. The van der Waals surface area contributed by atoms with Crippen molar-refractivity contribution >= 4 is 32.5 Å². The number of benzene rings is 1. The van der Waals surface area contributed by atoms with E-state index < -0.39 is 0 Å². The average Bonchev–Trinajstić information content (AvgIpc) is 2.43. The molecule has 1 N–H and O–H groups in total. The number of nitrogens with zero attached hydrogens (tertiary/aromatic N) is 1. The molecular weight excluding hydrogens is 312 g/mol. The molecule has 1 heterocycles. The molecule has 1 fully saturated rings. The van der Waals surface area contributed by atoms with Gasteiger partial charge in [-0.25, -0.2) is 0 Å². The van der Waals surface area contributed by atoms with Gasteiger partial charge in [-0.1, -0.05) is 32.4 Å². The summed E-state index contributed by atoms with van der Waals surface area (Å²) in [4.78, 5) is 4.58. The Morgan fingerprint density at radius 3 is 2.95 bits per heavy atom. The van der Waals surface area contributed by atoms with Crippen LogP contribution in [-0.4, -0.2) is 11.0 Å². The number of pyridine rings is 1. The molecular formula is C17H21BrN2. The molecule has 1 aromatic carbocycles. The lowest BCUT2D eigenvalue weighted by molar-refractivity contribution is 0.281. The van der Waals surface area contributed by atoms with E-state index in [4.69, 9.17) is 0 Å². The van der Waals surface area contributed by atoms with Crippen LogP contribution in [-0.2, 0) is 0 Å². The van der Waals surface area contributed by atoms with Gasteiger partial charge in [-0.05, 0) is 52.7 Å². The number of rotatable bonds is 2. The zero-order valence-corrected chi connectivity index (χ0v) is 13.7. The quantitative estimate of drug-likeness (QED) is 0.813. The molecule has 2 aromatic rings. The lowest BCUT2D eigenvalue weighted by atomic mass is 9.80. The number of fused-ring (bicyclic) bond motifs is 1. The Labute approximate surface area is 129 Å². The van der Waals surface area contributed by atoms with E-state index in [9.17, 15) is 0 Å². The monoisotopic (exact) mass is 332 g/mol. The van der Waals surface area contributed by atoms with Crippen LogP contribution < -0.4 is 5.32 Å². The van der Waals surface area contributed by atoms with Crippen molar-refractivity contribution in [1.29, 1.82) is 0 Å².